The second-order valence-corrected chi connectivity index (χ2v) is 6.78. The van der Waals surface area contributed by atoms with Crippen molar-refractivity contribution in [2.45, 2.75) is 32.5 Å². The normalized spacial score (nSPS) is 21.3. The fourth-order valence-corrected chi connectivity index (χ4v) is 3.11. The Balaban J connectivity index is 1.81. The van der Waals surface area contributed by atoms with Gasteiger partial charge in [-0.25, -0.2) is 4.98 Å². The number of hydrogen-bond acceptors (Lipinski definition) is 5. The van der Waals surface area contributed by atoms with Crippen LogP contribution in [-0.2, 0) is 10.3 Å². The van der Waals surface area contributed by atoms with Crippen LogP contribution in [0.2, 0.25) is 0 Å². The summed E-state index contributed by atoms with van der Waals surface area (Å²) in [6.45, 7) is 8.97. The second-order valence-electron chi connectivity index (χ2n) is 6.78. The maximum Gasteiger partial charge on any atom is 0.133 e. The lowest BCUT2D eigenvalue weighted by molar-refractivity contribution is 0.00758. The fraction of sp³-hybridized carbons (Fsp3) is 0.588. The molecular weight excluding hydrogens is 292 g/mol. The number of aliphatic hydroxyl groups is 1. The number of aromatic nitrogens is 2. The van der Waals surface area contributed by atoms with Gasteiger partial charge in [-0.05, 0) is 32.4 Å². The zero-order valence-corrected chi connectivity index (χ0v) is 14.0. The molecule has 3 rings (SSSR count). The molecule has 0 radical (unpaired) electrons. The SMILES string of the molecule is Cc1cccn2c(C(C)(C)NC(O)C3CNCCOC3)ncc12. The lowest BCUT2D eigenvalue weighted by Gasteiger charge is -2.32. The number of hydrogen-bond donors (Lipinski definition) is 3. The molecule has 6 heteroatoms. The first-order valence-electron chi connectivity index (χ1n) is 8.16. The minimum absolute atomic E-state index is 0.0183. The Kier molecular flexibility index (Phi) is 4.68. The van der Waals surface area contributed by atoms with Crippen LogP contribution in [0.1, 0.15) is 25.2 Å². The van der Waals surface area contributed by atoms with E-state index in [4.69, 9.17) is 4.74 Å². The molecule has 3 heterocycles. The molecule has 1 aliphatic heterocycles. The molecule has 0 amide bonds. The zero-order valence-electron chi connectivity index (χ0n) is 14.0. The quantitative estimate of drug-likeness (QED) is 0.734. The first-order chi connectivity index (χ1) is 11.0. The van der Waals surface area contributed by atoms with Crippen LogP contribution in [0.15, 0.2) is 24.5 Å². The third kappa shape index (κ3) is 3.40. The highest BCUT2D eigenvalue weighted by atomic mass is 16.5. The molecule has 0 aromatic carbocycles. The van der Waals surface area contributed by atoms with Crippen molar-refractivity contribution >= 4 is 5.52 Å². The van der Waals surface area contributed by atoms with Gasteiger partial charge in [0, 0.05) is 25.2 Å². The lowest BCUT2D eigenvalue weighted by Crippen LogP contribution is -2.50. The molecule has 1 saturated heterocycles. The van der Waals surface area contributed by atoms with Gasteiger partial charge in [0.05, 0.1) is 30.5 Å². The molecule has 2 unspecified atom stereocenters. The number of nitrogens with zero attached hydrogens (tertiary/aromatic N) is 2. The van der Waals surface area contributed by atoms with Gasteiger partial charge in [0.15, 0.2) is 0 Å². The Hall–Kier alpha value is -1.47. The molecule has 23 heavy (non-hydrogen) atoms. The molecule has 3 N–H and O–H groups in total. The summed E-state index contributed by atoms with van der Waals surface area (Å²) in [5, 5.41) is 17.2. The third-order valence-electron chi connectivity index (χ3n) is 4.46. The van der Waals surface area contributed by atoms with Crippen molar-refractivity contribution in [3.8, 4) is 0 Å². The number of ether oxygens (including phenoxy) is 1. The average Bonchev–Trinajstić information content (AvgIpc) is 2.77. The number of pyridine rings is 1. The van der Waals surface area contributed by atoms with Crippen molar-refractivity contribution in [2.24, 2.45) is 5.92 Å². The summed E-state index contributed by atoms with van der Waals surface area (Å²) in [6.07, 6.45) is 3.24. The lowest BCUT2D eigenvalue weighted by atomic mass is 10.0. The van der Waals surface area contributed by atoms with Gasteiger partial charge in [0.25, 0.3) is 0 Å². The van der Waals surface area contributed by atoms with Crippen LogP contribution in [0.4, 0.5) is 0 Å². The van der Waals surface area contributed by atoms with Crippen molar-refractivity contribution in [1.29, 1.82) is 0 Å². The van der Waals surface area contributed by atoms with Crippen LogP contribution < -0.4 is 10.6 Å². The minimum atomic E-state index is -0.659. The zero-order chi connectivity index (χ0) is 16.4. The molecular formula is C17H26N4O2. The summed E-state index contributed by atoms with van der Waals surface area (Å²) in [4.78, 5) is 4.59. The summed E-state index contributed by atoms with van der Waals surface area (Å²) in [7, 11) is 0. The smallest absolute Gasteiger partial charge is 0.133 e. The number of aliphatic hydroxyl groups excluding tert-OH is 1. The average molecular weight is 318 g/mol. The van der Waals surface area contributed by atoms with E-state index in [0.717, 1.165) is 24.4 Å². The van der Waals surface area contributed by atoms with E-state index in [1.165, 1.54) is 5.56 Å². The second kappa shape index (κ2) is 6.57. The standard InChI is InChI=1S/C17H26N4O2/c1-12-5-4-7-21-14(12)10-19-16(21)17(2,3)20-15(22)13-9-18-6-8-23-11-13/h4-5,7,10,13,15,18,20,22H,6,8-9,11H2,1-3H3. The van der Waals surface area contributed by atoms with Crippen LogP contribution in [0.5, 0.6) is 0 Å². The Morgan fingerprint density at radius 1 is 1.52 bits per heavy atom. The molecule has 2 aromatic rings. The Bertz CT molecular complexity index is 660. The Morgan fingerprint density at radius 3 is 3.17 bits per heavy atom. The summed E-state index contributed by atoms with van der Waals surface area (Å²) in [6, 6.07) is 4.09. The molecule has 2 aromatic heterocycles. The van der Waals surface area contributed by atoms with Crippen LogP contribution >= 0.6 is 0 Å². The summed E-state index contributed by atoms with van der Waals surface area (Å²) in [5.41, 5.74) is 1.81. The van der Waals surface area contributed by atoms with E-state index < -0.39 is 11.8 Å². The van der Waals surface area contributed by atoms with Gasteiger partial charge in [0.1, 0.15) is 12.1 Å². The molecule has 2 atom stereocenters. The summed E-state index contributed by atoms with van der Waals surface area (Å²) >= 11 is 0. The van der Waals surface area contributed by atoms with Crippen molar-refractivity contribution in [3.05, 3.63) is 35.9 Å². The van der Waals surface area contributed by atoms with Crippen LogP contribution in [0.25, 0.3) is 5.52 Å². The van der Waals surface area contributed by atoms with E-state index in [1.54, 1.807) is 0 Å². The maximum absolute atomic E-state index is 10.6. The minimum Gasteiger partial charge on any atom is -0.380 e. The van der Waals surface area contributed by atoms with Gasteiger partial charge in [-0.1, -0.05) is 6.07 Å². The van der Waals surface area contributed by atoms with Gasteiger partial charge in [-0.2, -0.15) is 0 Å². The van der Waals surface area contributed by atoms with Crippen molar-refractivity contribution in [1.82, 2.24) is 20.0 Å². The molecule has 0 bridgehead atoms. The summed E-state index contributed by atoms with van der Waals surface area (Å²) in [5.74, 6) is 0.905. The Labute approximate surface area is 136 Å². The van der Waals surface area contributed by atoms with E-state index >= 15 is 0 Å². The van der Waals surface area contributed by atoms with Gasteiger partial charge in [-0.3, -0.25) is 5.32 Å². The predicted molar refractivity (Wildman–Crippen MR) is 89.3 cm³/mol. The number of imidazole rings is 1. The largest absolute Gasteiger partial charge is 0.380 e. The van der Waals surface area contributed by atoms with Gasteiger partial charge in [0.2, 0.25) is 0 Å². The number of fused-ring (bicyclic) bond motifs is 1. The van der Waals surface area contributed by atoms with Gasteiger partial charge < -0.3 is 19.6 Å². The van der Waals surface area contributed by atoms with Gasteiger partial charge in [-0.15, -0.1) is 0 Å². The summed E-state index contributed by atoms with van der Waals surface area (Å²) < 4.78 is 7.62. The van der Waals surface area contributed by atoms with E-state index in [9.17, 15) is 5.11 Å². The Morgan fingerprint density at radius 2 is 2.35 bits per heavy atom. The first kappa shape index (κ1) is 16.4. The fourth-order valence-electron chi connectivity index (χ4n) is 3.11. The first-order valence-corrected chi connectivity index (χ1v) is 8.16. The highest BCUT2D eigenvalue weighted by Crippen LogP contribution is 2.23. The number of aryl methyl sites for hydroxylation is 1. The topological polar surface area (TPSA) is 70.8 Å². The van der Waals surface area contributed by atoms with Crippen molar-refractivity contribution < 1.29 is 9.84 Å². The predicted octanol–water partition coefficient (Wildman–Crippen LogP) is 1.02. The highest BCUT2D eigenvalue weighted by Gasteiger charge is 2.31. The van der Waals surface area contributed by atoms with Crippen LogP contribution in [-0.4, -0.2) is 47.0 Å². The molecule has 126 valence electrons. The molecule has 0 aliphatic carbocycles. The van der Waals surface area contributed by atoms with E-state index in [0.29, 0.717) is 13.2 Å². The van der Waals surface area contributed by atoms with Crippen LogP contribution in [0.3, 0.4) is 0 Å². The third-order valence-corrected chi connectivity index (χ3v) is 4.46. The molecule has 1 fully saturated rings. The van der Waals surface area contributed by atoms with Crippen LogP contribution in [0, 0.1) is 12.8 Å². The van der Waals surface area contributed by atoms with Crippen molar-refractivity contribution in [3.63, 3.8) is 0 Å². The molecule has 6 nitrogen and oxygen atoms in total. The monoisotopic (exact) mass is 318 g/mol. The molecule has 0 spiro atoms. The highest BCUT2D eigenvalue weighted by molar-refractivity contribution is 5.53. The number of rotatable bonds is 4. The maximum atomic E-state index is 10.6. The molecule has 0 saturated carbocycles. The van der Waals surface area contributed by atoms with Crippen molar-refractivity contribution in [2.75, 3.05) is 26.3 Å². The van der Waals surface area contributed by atoms with Gasteiger partial charge >= 0.3 is 0 Å². The van der Waals surface area contributed by atoms with E-state index in [2.05, 4.69) is 33.0 Å². The van der Waals surface area contributed by atoms with E-state index in [1.807, 2.05) is 32.3 Å². The molecule has 1 aliphatic rings. The number of nitrogens with one attached hydrogen (secondary N) is 2. The van der Waals surface area contributed by atoms with E-state index in [-0.39, 0.29) is 5.92 Å².